The first-order valence-electron chi connectivity index (χ1n) is 4.56. The number of fused-ring (bicyclic) bond motifs is 1. The van der Waals surface area contributed by atoms with E-state index in [1.807, 2.05) is 30.3 Å². The van der Waals surface area contributed by atoms with Crippen molar-refractivity contribution in [3.8, 4) is 0 Å². The van der Waals surface area contributed by atoms with E-state index in [0.29, 0.717) is 6.42 Å². The van der Waals surface area contributed by atoms with Crippen molar-refractivity contribution in [1.29, 1.82) is 0 Å². The zero-order valence-corrected chi connectivity index (χ0v) is 8.41. The van der Waals surface area contributed by atoms with E-state index in [4.69, 9.17) is 16.7 Å². The molecule has 0 aliphatic rings. The van der Waals surface area contributed by atoms with Crippen molar-refractivity contribution in [2.24, 2.45) is 0 Å². The first kappa shape index (κ1) is 9.50. The maximum Gasteiger partial charge on any atom is 0.132 e. The number of alkyl halides is 1. The molecule has 1 N–H and O–H groups in total. The molecule has 2 rings (SSSR count). The van der Waals surface area contributed by atoms with E-state index >= 15 is 0 Å². The Bertz CT molecular complexity index is 432. The van der Waals surface area contributed by atoms with E-state index < -0.39 is 5.56 Å². The van der Waals surface area contributed by atoms with Gasteiger partial charge in [-0.25, -0.2) is 0 Å². The van der Waals surface area contributed by atoms with E-state index in [9.17, 15) is 0 Å². The van der Waals surface area contributed by atoms with Crippen LogP contribution in [0.5, 0.6) is 0 Å². The molecule has 0 aromatic heterocycles. The fourth-order valence-corrected chi connectivity index (χ4v) is 1.82. The Hall–Kier alpha value is -1.05. The molecule has 1 unspecified atom stereocenters. The van der Waals surface area contributed by atoms with Crippen LogP contribution in [0.2, 0.25) is 0 Å². The number of rotatable bonds is 2. The van der Waals surface area contributed by atoms with Crippen LogP contribution >= 0.6 is 11.6 Å². The second-order valence-electron chi connectivity index (χ2n) is 3.28. The van der Waals surface area contributed by atoms with Crippen LogP contribution in [-0.2, 0) is 6.42 Å². The lowest BCUT2D eigenvalue weighted by Gasteiger charge is -2.06. The average molecular weight is 207 g/mol. The number of benzene rings is 2. The Morgan fingerprint density at radius 2 is 1.79 bits per heavy atom. The van der Waals surface area contributed by atoms with E-state index in [0.717, 1.165) is 10.9 Å². The molecule has 72 valence electrons. The number of aliphatic hydroxyl groups excluding tert-OH is 1. The molecule has 0 heterocycles. The fraction of sp³-hybridized carbons (Fsp3) is 0.167. The molecule has 0 amide bonds. The van der Waals surface area contributed by atoms with Gasteiger partial charge in [0.25, 0.3) is 0 Å². The number of hydrogen-bond donors (Lipinski definition) is 1. The summed E-state index contributed by atoms with van der Waals surface area (Å²) in [5.74, 6) is 0. The zero-order chi connectivity index (χ0) is 9.97. The van der Waals surface area contributed by atoms with Gasteiger partial charge in [0, 0.05) is 6.42 Å². The fourth-order valence-electron chi connectivity index (χ4n) is 1.65. The molecule has 14 heavy (non-hydrogen) atoms. The van der Waals surface area contributed by atoms with Crippen molar-refractivity contribution in [2.45, 2.75) is 12.0 Å². The smallest absolute Gasteiger partial charge is 0.132 e. The largest absolute Gasteiger partial charge is 0.377 e. The highest BCUT2D eigenvalue weighted by molar-refractivity contribution is 6.19. The predicted molar refractivity (Wildman–Crippen MR) is 59.5 cm³/mol. The summed E-state index contributed by atoms with van der Waals surface area (Å²) in [6.45, 7) is 0. The van der Waals surface area contributed by atoms with Gasteiger partial charge >= 0.3 is 0 Å². The van der Waals surface area contributed by atoms with Crippen molar-refractivity contribution in [3.05, 3.63) is 48.0 Å². The molecule has 0 radical (unpaired) electrons. The van der Waals surface area contributed by atoms with E-state index in [-0.39, 0.29) is 0 Å². The normalized spacial score (nSPS) is 13.0. The molecule has 0 saturated carbocycles. The van der Waals surface area contributed by atoms with Gasteiger partial charge in [-0.2, -0.15) is 0 Å². The van der Waals surface area contributed by atoms with Gasteiger partial charge < -0.3 is 5.11 Å². The van der Waals surface area contributed by atoms with Crippen molar-refractivity contribution >= 4 is 22.4 Å². The maximum atomic E-state index is 9.13. The summed E-state index contributed by atoms with van der Waals surface area (Å²) < 4.78 is 0. The minimum Gasteiger partial charge on any atom is -0.377 e. The van der Waals surface area contributed by atoms with Gasteiger partial charge in [-0.3, -0.25) is 0 Å². The second kappa shape index (κ2) is 3.99. The lowest BCUT2D eigenvalue weighted by molar-refractivity contribution is 0.257. The molecule has 0 fully saturated rings. The summed E-state index contributed by atoms with van der Waals surface area (Å²) >= 11 is 5.57. The Morgan fingerprint density at radius 3 is 2.57 bits per heavy atom. The predicted octanol–water partition coefficient (Wildman–Crippen LogP) is 2.94. The van der Waals surface area contributed by atoms with Gasteiger partial charge in [0.05, 0.1) is 0 Å². The monoisotopic (exact) mass is 206 g/mol. The summed E-state index contributed by atoms with van der Waals surface area (Å²) in [5, 5.41) is 11.5. The molecule has 0 aliphatic carbocycles. The van der Waals surface area contributed by atoms with Crippen molar-refractivity contribution in [3.63, 3.8) is 0 Å². The molecule has 0 bridgehead atoms. The maximum absolute atomic E-state index is 9.13. The highest BCUT2D eigenvalue weighted by Crippen LogP contribution is 2.20. The Labute approximate surface area is 87.9 Å². The third-order valence-corrected chi connectivity index (χ3v) is 2.42. The van der Waals surface area contributed by atoms with Gasteiger partial charge in [-0.05, 0) is 16.3 Å². The van der Waals surface area contributed by atoms with E-state index in [1.54, 1.807) is 0 Å². The zero-order valence-electron chi connectivity index (χ0n) is 7.65. The third-order valence-electron chi connectivity index (χ3n) is 2.27. The van der Waals surface area contributed by atoms with E-state index in [2.05, 4.69) is 12.1 Å². The molecule has 2 heteroatoms. The third kappa shape index (κ3) is 1.89. The standard InChI is InChI=1S/C12H11ClO/c13-12(14)8-10-6-3-5-9-4-1-2-7-11(9)10/h1-7,12,14H,8H2. The van der Waals surface area contributed by atoms with Gasteiger partial charge in [-0.1, -0.05) is 54.1 Å². The Kier molecular flexibility index (Phi) is 2.71. The highest BCUT2D eigenvalue weighted by atomic mass is 35.5. The lowest BCUT2D eigenvalue weighted by atomic mass is 10.0. The van der Waals surface area contributed by atoms with Crippen LogP contribution in [0.4, 0.5) is 0 Å². The van der Waals surface area contributed by atoms with Gasteiger partial charge in [0.2, 0.25) is 0 Å². The highest BCUT2D eigenvalue weighted by Gasteiger charge is 2.04. The van der Waals surface area contributed by atoms with Crippen molar-refractivity contribution in [1.82, 2.24) is 0 Å². The molecule has 1 atom stereocenters. The molecular weight excluding hydrogens is 196 g/mol. The first-order chi connectivity index (χ1) is 6.77. The number of hydrogen-bond acceptors (Lipinski definition) is 1. The minimum absolute atomic E-state index is 0.489. The topological polar surface area (TPSA) is 20.2 Å². The van der Waals surface area contributed by atoms with Crippen LogP contribution < -0.4 is 0 Å². The summed E-state index contributed by atoms with van der Waals surface area (Å²) in [7, 11) is 0. The van der Waals surface area contributed by atoms with Crippen molar-refractivity contribution < 1.29 is 5.11 Å². The van der Waals surface area contributed by atoms with Crippen LogP contribution in [0.1, 0.15) is 5.56 Å². The van der Waals surface area contributed by atoms with Crippen LogP contribution in [0.25, 0.3) is 10.8 Å². The first-order valence-corrected chi connectivity index (χ1v) is 5.00. The minimum atomic E-state index is -0.805. The van der Waals surface area contributed by atoms with Gasteiger partial charge in [0.15, 0.2) is 0 Å². The summed E-state index contributed by atoms with van der Waals surface area (Å²) in [6, 6.07) is 14.1. The van der Waals surface area contributed by atoms with Gasteiger partial charge in [-0.15, -0.1) is 0 Å². The number of aliphatic hydroxyl groups is 1. The summed E-state index contributed by atoms with van der Waals surface area (Å²) in [6.07, 6.45) is 0.489. The summed E-state index contributed by atoms with van der Waals surface area (Å²) in [5.41, 5.74) is 0.284. The molecule has 0 saturated heterocycles. The molecular formula is C12H11ClO. The quantitative estimate of drug-likeness (QED) is 0.750. The summed E-state index contributed by atoms with van der Waals surface area (Å²) in [4.78, 5) is 0. The lowest BCUT2D eigenvalue weighted by Crippen LogP contribution is -2.01. The average Bonchev–Trinajstić information content (AvgIpc) is 2.18. The Morgan fingerprint density at radius 1 is 1.07 bits per heavy atom. The molecule has 0 aliphatic heterocycles. The van der Waals surface area contributed by atoms with Crippen LogP contribution in [0.15, 0.2) is 42.5 Å². The van der Waals surface area contributed by atoms with Crippen LogP contribution in [0.3, 0.4) is 0 Å². The molecule has 1 nitrogen and oxygen atoms in total. The molecule has 2 aromatic rings. The molecule has 2 aromatic carbocycles. The van der Waals surface area contributed by atoms with Crippen molar-refractivity contribution in [2.75, 3.05) is 0 Å². The van der Waals surface area contributed by atoms with Gasteiger partial charge in [0.1, 0.15) is 5.56 Å². The Balaban J connectivity index is 2.53. The second-order valence-corrected chi connectivity index (χ2v) is 3.78. The molecule has 0 spiro atoms. The van der Waals surface area contributed by atoms with Crippen LogP contribution in [0, 0.1) is 0 Å². The van der Waals surface area contributed by atoms with Crippen LogP contribution in [-0.4, -0.2) is 10.7 Å². The SMILES string of the molecule is OC(Cl)Cc1cccc2ccccc12. The van der Waals surface area contributed by atoms with E-state index in [1.165, 1.54) is 5.39 Å². The number of halogens is 1.